The highest BCUT2D eigenvalue weighted by Gasteiger charge is 2.26. The first-order chi connectivity index (χ1) is 16.5. The molecule has 7 nitrogen and oxygen atoms in total. The molecule has 1 aliphatic heterocycles. The first kappa shape index (κ1) is 27.6. The summed E-state index contributed by atoms with van der Waals surface area (Å²) in [5, 5.41) is 10.0. The molecule has 3 rings (SSSR count). The van der Waals surface area contributed by atoms with E-state index in [4.69, 9.17) is 27.9 Å². The van der Waals surface area contributed by atoms with Gasteiger partial charge in [0.15, 0.2) is 5.75 Å². The van der Waals surface area contributed by atoms with Crippen LogP contribution in [0.15, 0.2) is 36.4 Å². The molecular weight excluding hydrogens is 507 g/mol. The Balaban J connectivity index is 1.67. The van der Waals surface area contributed by atoms with Gasteiger partial charge in [0.25, 0.3) is 0 Å². The highest BCUT2D eigenvalue weighted by atomic mass is 35.5. The molecule has 0 spiro atoms. The first-order valence-electron chi connectivity index (χ1n) is 11.5. The van der Waals surface area contributed by atoms with Crippen LogP contribution in [0.25, 0.3) is 0 Å². The number of nitriles is 1. The number of hydrogen-bond donors (Lipinski definition) is 1. The van der Waals surface area contributed by atoms with Crippen molar-refractivity contribution in [2.24, 2.45) is 0 Å². The summed E-state index contributed by atoms with van der Waals surface area (Å²) >= 11 is 12.2. The molecule has 2 aromatic carbocycles. The summed E-state index contributed by atoms with van der Waals surface area (Å²) in [4.78, 5) is 4.61. The van der Waals surface area contributed by atoms with Crippen LogP contribution in [0.1, 0.15) is 30.5 Å². The average Bonchev–Trinajstić information content (AvgIpc) is 2.82. The predicted molar refractivity (Wildman–Crippen MR) is 142 cm³/mol. The Morgan fingerprint density at radius 1 is 1.11 bits per heavy atom. The van der Waals surface area contributed by atoms with Crippen molar-refractivity contribution in [2.45, 2.75) is 19.3 Å². The maximum absolute atomic E-state index is 11.2. The lowest BCUT2D eigenvalue weighted by Gasteiger charge is -2.36. The van der Waals surface area contributed by atoms with E-state index in [0.717, 1.165) is 43.0 Å². The highest BCUT2D eigenvalue weighted by molar-refractivity contribution is 7.88. The zero-order chi connectivity index (χ0) is 25.6. The van der Waals surface area contributed by atoms with Crippen molar-refractivity contribution in [2.75, 3.05) is 62.9 Å². The van der Waals surface area contributed by atoms with E-state index in [-0.39, 0.29) is 12.0 Å². The van der Waals surface area contributed by atoms with E-state index >= 15 is 0 Å². The zero-order valence-corrected chi connectivity index (χ0v) is 22.7. The second kappa shape index (κ2) is 11.8. The van der Waals surface area contributed by atoms with Gasteiger partial charge in [0.1, 0.15) is 12.7 Å². The van der Waals surface area contributed by atoms with Crippen LogP contribution < -0.4 is 14.4 Å². The molecule has 0 atom stereocenters. The molecule has 1 heterocycles. The van der Waals surface area contributed by atoms with E-state index in [1.165, 1.54) is 6.26 Å². The van der Waals surface area contributed by atoms with Gasteiger partial charge in [-0.15, -0.1) is 11.6 Å². The number of sulfonamides is 1. The van der Waals surface area contributed by atoms with Gasteiger partial charge in [-0.3, -0.25) is 4.90 Å². The van der Waals surface area contributed by atoms with Gasteiger partial charge in [0, 0.05) is 50.4 Å². The quantitative estimate of drug-likeness (QED) is 0.462. The Morgan fingerprint density at radius 3 is 2.34 bits per heavy atom. The third kappa shape index (κ3) is 7.25. The number of anilines is 1. The number of alkyl halides is 1. The first-order valence-corrected chi connectivity index (χ1v) is 14.3. The molecule has 1 N–H and O–H groups in total. The van der Waals surface area contributed by atoms with Gasteiger partial charge < -0.3 is 9.64 Å². The van der Waals surface area contributed by atoms with Crippen LogP contribution in [-0.4, -0.2) is 71.3 Å². The van der Waals surface area contributed by atoms with Crippen LogP contribution in [0, 0.1) is 11.3 Å². The number of nitrogens with one attached hydrogen (secondary N) is 1. The second-order valence-electron chi connectivity index (χ2n) is 9.15. The van der Waals surface area contributed by atoms with Crippen LogP contribution in [-0.2, 0) is 15.4 Å². The van der Waals surface area contributed by atoms with Crippen LogP contribution in [0.5, 0.6) is 5.75 Å². The molecule has 0 radical (unpaired) electrons. The molecule has 0 unspecified atom stereocenters. The van der Waals surface area contributed by atoms with Gasteiger partial charge in [-0.1, -0.05) is 37.6 Å². The monoisotopic (exact) mass is 538 g/mol. The minimum Gasteiger partial charge on any atom is -0.489 e. The fourth-order valence-corrected chi connectivity index (χ4v) is 5.01. The number of piperazine rings is 1. The normalized spacial score (nSPS) is 15.1. The van der Waals surface area contributed by atoms with Crippen molar-refractivity contribution >= 4 is 38.9 Å². The van der Waals surface area contributed by atoms with E-state index in [1.807, 2.05) is 12.1 Å². The average molecular weight is 540 g/mol. The van der Waals surface area contributed by atoms with Gasteiger partial charge >= 0.3 is 0 Å². The Morgan fingerprint density at radius 2 is 1.77 bits per heavy atom. The fourth-order valence-electron chi connectivity index (χ4n) is 4.20. The van der Waals surface area contributed by atoms with Crippen LogP contribution in [0.4, 0.5) is 5.69 Å². The van der Waals surface area contributed by atoms with Gasteiger partial charge in [-0.2, -0.15) is 5.26 Å². The Hall–Kier alpha value is -2.02. The topological polar surface area (TPSA) is 85.7 Å². The fraction of sp³-hybridized carbons (Fsp3) is 0.480. The Kier molecular flexibility index (Phi) is 9.30. The van der Waals surface area contributed by atoms with Crippen LogP contribution >= 0.6 is 23.2 Å². The smallest absolute Gasteiger partial charge is 0.208 e. The Bertz CT molecular complexity index is 1160. The molecule has 0 saturated carbocycles. The molecule has 0 aliphatic carbocycles. The van der Waals surface area contributed by atoms with Crippen molar-refractivity contribution in [3.8, 4) is 11.8 Å². The van der Waals surface area contributed by atoms with E-state index in [0.29, 0.717) is 35.3 Å². The zero-order valence-electron chi connectivity index (χ0n) is 20.4. The third-order valence-corrected chi connectivity index (χ3v) is 7.49. The van der Waals surface area contributed by atoms with Crippen molar-refractivity contribution in [1.29, 1.82) is 5.26 Å². The summed E-state index contributed by atoms with van der Waals surface area (Å²) in [7, 11) is -3.15. The highest BCUT2D eigenvalue weighted by Crippen LogP contribution is 2.38. The van der Waals surface area contributed by atoms with Crippen LogP contribution in [0.2, 0.25) is 5.02 Å². The van der Waals surface area contributed by atoms with Crippen molar-refractivity contribution in [1.82, 2.24) is 9.62 Å². The standard InChI is InChI=1S/C25H32Cl2N4O3S/c1-25(2,21-16-19(18-28)24(23(27)17-21)34-15-8-26)20-4-6-22(7-5-20)31-13-11-30(12-14-31)10-9-29-35(3,32)33/h4-7,16-17,29H,8-15H2,1-3H3. The summed E-state index contributed by atoms with van der Waals surface area (Å²) in [6, 6.07) is 14.4. The maximum Gasteiger partial charge on any atom is 0.208 e. The summed E-state index contributed by atoms with van der Waals surface area (Å²) in [5.41, 5.74) is 3.22. The number of halogens is 2. The maximum atomic E-state index is 11.2. The van der Waals surface area contributed by atoms with Crippen molar-refractivity contribution in [3.63, 3.8) is 0 Å². The van der Waals surface area contributed by atoms with Gasteiger partial charge in [-0.25, -0.2) is 13.1 Å². The number of nitrogens with zero attached hydrogens (tertiary/aromatic N) is 3. The van der Waals surface area contributed by atoms with Crippen molar-refractivity contribution in [3.05, 3.63) is 58.1 Å². The molecule has 1 saturated heterocycles. The molecule has 10 heteroatoms. The molecule has 0 aromatic heterocycles. The lowest BCUT2D eigenvalue weighted by Crippen LogP contribution is -2.48. The van der Waals surface area contributed by atoms with Gasteiger partial charge in [0.05, 0.1) is 22.7 Å². The number of hydrogen-bond acceptors (Lipinski definition) is 6. The number of benzene rings is 2. The molecular formula is C25H32Cl2N4O3S. The molecule has 2 aromatic rings. The summed E-state index contributed by atoms with van der Waals surface area (Å²) < 4.78 is 30.6. The SMILES string of the molecule is CC(C)(c1ccc(N2CCN(CCNS(C)(=O)=O)CC2)cc1)c1cc(Cl)c(OCCCl)c(C#N)c1. The molecule has 0 amide bonds. The largest absolute Gasteiger partial charge is 0.489 e. The second-order valence-corrected chi connectivity index (χ2v) is 11.8. The number of rotatable bonds is 10. The van der Waals surface area contributed by atoms with E-state index < -0.39 is 10.0 Å². The summed E-state index contributed by atoms with van der Waals surface area (Å²) in [6.07, 6.45) is 1.18. The van der Waals surface area contributed by atoms with E-state index in [2.05, 4.69) is 58.7 Å². The minimum absolute atomic E-state index is 0.284. The molecule has 190 valence electrons. The van der Waals surface area contributed by atoms with Gasteiger partial charge in [-0.05, 0) is 35.4 Å². The van der Waals surface area contributed by atoms with E-state index in [1.54, 1.807) is 0 Å². The van der Waals surface area contributed by atoms with Gasteiger partial charge in [0.2, 0.25) is 10.0 Å². The molecule has 35 heavy (non-hydrogen) atoms. The summed E-state index contributed by atoms with van der Waals surface area (Å²) in [6.45, 7) is 9.16. The number of ether oxygens (including phenoxy) is 1. The van der Waals surface area contributed by atoms with Crippen molar-refractivity contribution < 1.29 is 13.2 Å². The van der Waals surface area contributed by atoms with Crippen LogP contribution in [0.3, 0.4) is 0 Å². The van der Waals surface area contributed by atoms with E-state index in [9.17, 15) is 13.7 Å². The molecule has 1 fully saturated rings. The molecule has 1 aliphatic rings. The Labute approximate surface area is 218 Å². The minimum atomic E-state index is -3.15. The molecule has 0 bridgehead atoms. The third-order valence-electron chi connectivity index (χ3n) is 6.33. The summed E-state index contributed by atoms with van der Waals surface area (Å²) in [5.74, 6) is 0.687. The lowest BCUT2D eigenvalue weighted by molar-refractivity contribution is 0.262. The predicted octanol–water partition coefficient (Wildman–Crippen LogP) is 3.83. The lowest BCUT2D eigenvalue weighted by atomic mass is 9.77.